The van der Waals surface area contributed by atoms with Gasteiger partial charge in [0.2, 0.25) is 0 Å². The van der Waals surface area contributed by atoms with E-state index in [2.05, 4.69) is 29.5 Å². The maximum absolute atomic E-state index is 5.69. The Morgan fingerprint density at radius 2 is 1.52 bits per heavy atom. The van der Waals surface area contributed by atoms with Crippen LogP contribution in [-0.4, -0.2) is 41.5 Å². The zero-order chi connectivity index (χ0) is 15.7. The van der Waals surface area contributed by atoms with E-state index in [1.54, 1.807) is 21.3 Å². The molecule has 0 amide bonds. The minimum Gasteiger partial charge on any atom is -0.467 e. The summed E-state index contributed by atoms with van der Waals surface area (Å²) in [4.78, 5) is 0. The van der Waals surface area contributed by atoms with Gasteiger partial charge in [-0.15, -0.1) is 0 Å². The molecular weight excluding hydrogens is 387 g/mol. The Balaban J connectivity index is 3.20. The first-order valence-electron chi connectivity index (χ1n) is 6.76. The second-order valence-corrected chi connectivity index (χ2v) is 5.42. The van der Waals surface area contributed by atoms with Crippen molar-refractivity contribution in [2.24, 2.45) is 0 Å². The summed E-state index contributed by atoms with van der Waals surface area (Å²) in [5.41, 5.74) is 2.36. The normalized spacial score (nSPS) is 10.7. The molecule has 0 aromatic heterocycles. The molecule has 0 fully saturated rings. The molecule has 1 rings (SSSR count). The van der Waals surface area contributed by atoms with Crippen LogP contribution in [-0.2, 0) is 27.1 Å². The van der Waals surface area contributed by atoms with E-state index < -0.39 is 0 Å². The summed E-state index contributed by atoms with van der Waals surface area (Å²) in [5, 5.41) is 0. The van der Waals surface area contributed by atoms with Crippen LogP contribution in [0.25, 0.3) is 0 Å². The van der Waals surface area contributed by atoms with E-state index in [0.717, 1.165) is 27.9 Å². The Hall–Kier alpha value is -0.570. The first-order valence-corrected chi connectivity index (χ1v) is 7.84. The fourth-order valence-corrected chi connectivity index (χ4v) is 2.94. The predicted molar refractivity (Wildman–Crippen MR) is 89.1 cm³/mol. The summed E-state index contributed by atoms with van der Waals surface area (Å²) in [7, 11) is 4.90. The molecule has 5 nitrogen and oxygen atoms in total. The van der Waals surface area contributed by atoms with Crippen LogP contribution in [0.5, 0.6) is 11.5 Å². The maximum atomic E-state index is 5.69. The fraction of sp³-hybridized carbons (Fsp3) is 0.600. The van der Waals surface area contributed by atoms with Crippen molar-refractivity contribution in [2.75, 3.05) is 41.5 Å². The zero-order valence-corrected chi connectivity index (χ0v) is 15.2. The first kappa shape index (κ1) is 18.5. The lowest BCUT2D eigenvalue weighted by Crippen LogP contribution is -2.10. The van der Waals surface area contributed by atoms with E-state index >= 15 is 0 Å². The molecule has 0 spiro atoms. The molecule has 120 valence electrons. The summed E-state index contributed by atoms with van der Waals surface area (Å²) >= 11 is 2.30. The van der Waals surface area contributed by atoms with Gasteiger partial charge < -0.3 is 23.7 Å². The Morgan fingerprint density at radius 1 is 0.905 bits per heavy atom. The van der Waals surface area contributed by atoms with Crippen molar-refractivity contribution >= 4 is 22.6 Å². The highest BCUT2D eigenvalue weighted by Gasteiger charge is 2.17. The SMILES string of the molecule is CCc1c(OCOC)cc(OCOC)c(I)c1CCOC. The van der Waals surface area contributed by atoms with Crippen molar-refractivity contribution in [1.82, 2.24) is 0 Å². The molecule has 1 aromatic carbocycles. The third-order valence-corrected chi connectivity index (χ3v) is 4.16. The summed E-state index contributed by atoms with van der Waals surface area (Å²) in [6.45, 7) is 3.17. The second kappa shape index (κ2) is 10.2. The lowest BCUT2D eigenvalue weighted by molar-refractivity contribution is 0.0450. The number of rotatable bonds is 10. The molecule has 0 aliphatic heterocycles. The Morgan fingerprint density at radius 3 is 2.05 bits per heavy atom. The van der Waals surface area contributed by atoms with Gasteiger partial charge in [0.05, 0.1) is 10.2 Å². The monoisotopic (exact) mass is 410 g/mol. The molecule has 0 radical (unpaired) electrons. The van der Waals surface area contributed by atoms with Gasteiger partial charge in [0, 0.05) is 27.4 Å². The van der Waals surface area contributed by atoms with Gasteiger partial charge >= 0.3 is 0 Å². The molecule has 0 heterocycles. The topological polar surface area (TPSA) is 46.2 Å². The predicted octanol–water partition coefficient (Wildman–Crippen LogP) is 3.01. The second-order valence-electron chi connectivity index (χ2n) is 4.34. The van der Waals surface area contributed by atoms with Crippen LogP contribution in [0.1, 0.15) is 18.1 Å². The van der Waals surface area contributed by atoms with Crippen molar-refractivity contribution in [1.29, 1.82) is 0 Å². The number of halogens is 1. The van der Waals surface area contributed by atoms with Crippen LogP contribution in [0.3, 0.4) is 0 Å². The molecule has 0 bridgehead atoms. The molecule has 0 atom stereocenters. The van der Waals surface area contributed by atoms with E-state index in [4.69, 9.17) is 23.7 Å². The molecule has 1 aromatic rings. The number of hydrogen-bond acceptors (Lipinski definition) is 5. The molecule has 0 aliphatic rings. The number of methoxy groups -OCH3 is 3. The molecule has 0 N–H and O–H groups in total. The van der Waals surface area contributed by atoms with Gasteiger partial charge in [-0.05, 0) is 46.6 Å². The van der Waals surface area contributed by atoms with Gasteiger partial charge in [-0.3, -0.25) is 0 Å². The summed E-state index contributed by atoms with van der Waals surface area (Å²) in [5.74, 6) is 1.55. The van der Waals surface area contributed by atoms with Crippen molar-refractivity contribution in [3.63, 3.8) is 0 Å². The van der Waals surface area contributed by atoms with E-state index in [-0.39, 0.29) is 13.6 Å². The minimum absolute atomic E-state index is 0.203. The smallest absolute Gasteiger partial charge is 0.188 e. The van der Waals surface area contributed by atoms with Crippen LogP contribution >= 0.6 is 22.6 Å². The minimum atomic E-state index is 0.203. The molecule has 0 aliphatic carbocycles. The summed E-state index contributed by atoms with van der Waals surface area (Å²) < 4.78 is 27.6. The van der Waals surface area contributed by atoms with Gasteiger partial charge in [-0.2, -0.15) is 0 Å². The van der Waals surface area contributed by atoms with Crippen molar-refractivity contribution < 1.29 is 23.7 Å². The molecule has 0 saturated carbocycles. The molecule has 0 unspecified atom stereocenters. The third kappa shape index (κ3) is 5.28. The van der Waals surface area contributed by atoms with Crippen LogP contribution in [0.2, 0.25) is 0 Å². The average molecular weight is 410 g/mol. The van der Waals surface area contributed by atoms with Gasteiger partial charge in [0.15, 0.2) is 13.6 Å². The number of hydrogen-bond donors (Lipinski definition) is 0. The fourth-order valence-electron chi connectivity index (χ4n) is 2.03. The average Bonchev–Trinajstić information content (AvgIpc) is 2.50. The molecular formula is C15H23IO5. The van der Waals surface area contributed by atoms with Crippen LogP contribution in [0.15, 0.2) is 6.07 Å². The Kier molecular flexibility index (Phi) is 8.98. The van der Waals surface area contributed by atoms with Gasteiger partial charge in [-0.1, -0.05) is 6.92 Å². The van der Waals surface area contributed by atoms with Gasteiger partial charge in [0.1, 0.15) is 11.5 Å². The van der Waals surface area contributed by atoms with Crippen molar-refractivity contribution in [2.45, 2.75) is 19.8 Å². The maximum Gasteiger partial charge on any atom is 0.188 e. The summed E-state index contributed by atoms with van der Waals surface area (Å²) in [6.07, 6.45) is 1.68. The highest BCUT2D eigenvalue weighted by molar-refractivity contribution is 14.1. The van der Waals surface area contributed by atoms with E-state index in [1.807, 2.05) is 6.07 Å². The third-order valence-electron chi connectivity index (χ3n) is 2.98. The number of ether oxygens (including phenoxy) is 5. The number of benzene rings is 1. The lowest BCUT2D eigenvalue weighted by atomic mass is 10.0. The molecule has 0 saturated heterocycles. The first-order chi connectivity index (χ1) is 10.2. The van der Waals surface area contributed by atoms with Crippen LogP contribution in [0, 0.1) is 3.57 Å². The van der Waals surface area contributed by atoms with E-state index in [0.29, 0.717) is 6.61 Å². The molecule has 21 heavy (non-hydrogen) atoms. The zero-order valence-electron chi connectivity index (χ0n) is 13.0. The lowest BCUT2D eigenvalue weighted by Gasteiger charge is -2.19. The highest BCUT2D eigenvalue weighted by Crippen LogP contribution is 2.35. The van der Waals surface area contributed by atoms with Gasteiger partial charge in [0.25, 0.3) is 0 Å². The van der Waals surface area contributed by atoms with Gasteiger partial charge in [-0.25, -0.2) is 0 Å². The van der Waals surface area contributed by atoms with Crippen molar-refractivity contribution in [3.05, 3.63) is 20.8 Å². The van der Waals surface area contributed by atoms with Crippen LogP contribution in [0.4, 0.5) is 0 Å². The largest absolute Gasteiger partial charge is 0.467 e. The summed E-state index contributed by atoms with van der Waals surface area (Å²) in [6, 6.07) is 1.90. The Bertz CT molecular complexity index is 437. The highest BCUT2D eigenvalue weighted by atomic mass is 127. The van der Waals surface area contributed by atoms with Crippen molar-refractivity contribution in [3.8, 4) is 11.5 Å². The standard InChI is InChI=1S/C15H23IO5/c1-5-11-12(6-7-17-2)15(16)14(21-10-19-4)8-13(11)20-9-18-3/h8H,5-7,9-10H2,1-4H3. The van der Waals surface area contributed by atoms with Crippen LogP contribution < -0.4 is 9.47 Å². The Labute approximate surface area is 140 Å². The van der Waals surface area contributed by atoms with E-state index in [9.17, 15) is 0 Å². The molecule has 6 heteroatoms. The quantitative estimate of drug-likeness (QED) is 0.439. The van der Waals surface area contributed by atoms with E-state index in [1.165, 1.54) is 11.1 Å².